The topological polar surface area (TPSA) is 57.4 Å². The van der Waals surface area contributed by atoms with Gasteiger partial charge in [-0.2, -0.15) is 0 Å². The Kier molecular flexibility index (Phi) is 3.14. The van der Waals surface area contributed by atoms with Gasteiger partial charge in [-0.05, 0) is 30.3 Å². The van der Waals surface area contributed by atoms with Gasteiger partial charge in [0.05, 0.1) is 19.9 Å². The van der Waals surface area contributed by atoms with Crippen molar-refractivity contribution in [1.29, 1.82) is 0 Å². The van der Waals surface area contributed by atoms with Gasteiger partial charge < -0.3 is 15.2 Å². The molecule has 0 radical (unpaired) electrons. The molecule has 17 heavy (non-hydrogen) atoms. The van der Waals surface area contributed by atoms with E-state index in [0.717, 1.165) is 22.8 Å². The van der Waals surface area contributed by atoms with E-state index in [-0.39, 0.29) is 0 Å². The van der Waals surface area contributed by atoms with Gasteiger partial charge in [0.25, 0.3) is 0 Å². The Hall–Kier alpha value is -2.23. The standard InChI is InChI=1S/C13H14N2O2/c1-16-10-3-4-13(17-2)11(8-10)12-7-9(14)5-6-15-12/h3-8H,1-2H3,(H2,14,15). The third-order valence-electron chi connectivity index (χ3n) is 2.47. The average Bonchev–Trinajstić information content (AvgIpc) is 2.38. The van der Waals surface area contributed by atoms with Crippen molar-refractivity contribution in [2.24, 2.45) is 0 Å². The normalized spacial score (nSPS) is 10.0. The number of anilines is 1. The molecule has 0 fully saturated rings. The molecule has 0 atom stereocenters. The summed E-state index contributed by atoms with van der Waals surface area (Å²) < 4.78 is 10.5. The molecular formula is C13H14N2O2. The monoisotopic (exact) mass is 230 g/mol. The van der Waals surface area contributed by atoms with Crippen molar-refractivity contribution in [2.75, 3.05) is 20.0 Å². The predicted molar refractivity (Wildman–Crippen MR) is 67.2 cm³/mol. The summed E-state index contributed by atoms with van der Waals surface area (Å²) in [6.45, 7) is 0. The molecule has 4 heteroatoms. The highest BCUT2D eigenvalue weighted by molar-refractivity contribution is 5.71. The average molecular weight is 230 g/mol. The lowest BCUT2D eigenvalue weighted by Gasteiger charge is -2.10. The molecule has 1 heterocycles. The summed E-state index contributed by atoms with van der Waals surface area (Å²) in [5, 5.41) is 0. The van der Waals surface area contributed by atoms with Crippen molar-refractivity contribution in [3.8, 4) is 22.8 Å². The highest BCUT2D eigenvalue weighted by atomic mass is 16.5. The Morgan fingerprint density at radius 2 is 1.88 bits per heavy atom. The number of rotatable bonds is 3. The van der Waals surface area contributed by atoms with Crippen LogP contribution in [0.3, 0.4) is 0 Å². The molecule has 0 aliphatic heterocycles. The van der Waals surface area contributed by atoms with Crippen LogP contribution in [-0.4, -0.2) is 19.2 Å². The van der Waals surface area contributed by atoms with Crippen LogP contribution in [0.2, 0.25) is 0 Å². The van der Waals surface area contributed by atoms with Crippen LogP contribution in [0, 0.1) is 0 Å². The zero-order valence-electron chi connectivity index (χ0n) is 9.81. The molecule has 0 unspecified atom stereocenters. The van der Waals surface area contributed by atoms with Gasteiger partial charge in [0.15, 0.2) is 0 Å². The molecule has 2 N–H and O–H groups in total. The Labute approximate surface area is 100 Å². The lowest BCUT2D eigenvalue weighted by atomic mass is 10.1. The molecule has 4 nitrogen and oxygen atoms in total. The van der Waals surface area contributed by atoms with Crippen molar-refractivity contribution < 1.29 is 9.47 Å². The lowest BCUT2D eigenvalue weighted by Crippen LogP contribution is -1.93. The minimum absolute atomic E-state index is 0.667. The number of aromatic nitrogens is 1. The maximum Gasteiger partial charge on any atom is 0.128 e. The van der Waals surface area contributed by atoms with E-state index in [1.165, 1.54) is 0 Å². The summed E-state index contributed by atoms with van der Waals surface area (Å²) in [6, 6.07) is 9.11. The molecule has 0 saturated heterocycles. The van der Waals surface area contributed by atoms with Crippen LogP contribution in [0.25, 0.3) is 11.3 Å². The maximum absolute atomic E-state index is 5.75. The number of ether oxygens (including phenoxy) is 2. The Balaban J connectivity index is 2.56. The van der Waals surface area contributed by atoms with Crippen LogP contribution in [0.4, 0.5) is 5.69 Å². The summed E-state index contributed by atoms with van der Waals surface area (Å²) in [6.07, 6.45) is 1.67. The number of hydrogen-bond donors (Lipinski definition) is 1. The molecule has 0 amide bonds. The first-order chi connectivity index (χ1) is 8.24. The Morgan fingerprint density at radius 1 is 1.06 bits per heavy atom. The quantitative estimate of drug-likeness (QED) is 0.879. The Morgan fingerprint density at radius 3 is 2.53 bits per heavy atom. The van der Waals surface area contributed by atoms with E-state index in [9.17, 15) is 0 Å². The van der Waals surface area contributed by atoms with Crippen LogP contribution < -0.4 is 15.2 Å². The number of hydrogen-bond acceptors (Lipinski definition) is 4. The number of nitrogen functional groups attached to an aromatic ring is 1. The van der Waals surface area contributed by atoms with Gasteiger partial charge in [0.1, 0.15) is 11.5 Å². The molecule has 1 aromatic carbocycles. The van der Waals surface area contributed by atoms with Crippen LogP contribution in [0.5, 0.6) is 11.5 Å². The first-order valence-electron chi connectivity index (χ1n) is 5.18. The molecule has 0 saturated carbocycles. The van der Waals surface area contributed by atoms with Crippen LogP contribution in [-0.2, 0) is 0 Å². The van der Waals surface area contributed by atoms with Crippen molar-refractivity contribution in [2.45, 2.75) is 0 Å². The molecular weight excluding hydrogens is 216 g/mol. The van der Waals surface area contributed by atoms with Crippen LogP contribution in [0.15, 0.2) is 36.5 Å². The first kappa shape index (κ1) is 11.3. The van der Waals surface area contributed by atoms with Gasteiger partial charge in [0.2, 0.25) is 0 Å². The summed E-state index contributed by atoms with van der Waals surface area (Å²) in [7, 11) is 3.25. The largest absolute Gasteiger partial charge is 0.497 e. The van der Waals surface area contributed by atoms with Crippen molar-refractivity contribution >= 4 is 5.69 Å². The molecule has 2 aromatic rings. The van der Waals surface area contributed by atoms with E-state index in [2.05, 4.69) is 4.98 Å². The second-order valence-corrected chi connectivity index (χ2v) is 3.54. The fourth-order valence-corrected chi connectivity index (χ4v) is 1.61. The van der Waals surface area contributed by atoms with Crippen LogP contribution >= 0.6 is 0 Å². The zero-order valence-corrected chi connectivity index (χ0v) is 9.81. The SMILES string of the molecule is COc1ccc(OC)c(-c2cc(N)ccn2)c1. The molecule has 0 spiro atoms. The molecule has 1 aromatic heterocycles. The molecule has 2 rings (SSSR count). The molecule has 0 bridgehead atoms. The minimum Gasteiger partial charge on any atom is -0.497 e. The van der Waals surface area contributed by atoms with Gasteiger partial charge in [-0.25, -0.2) is 0 Å². The van der Waals surface area contributed by atoms with E-state index in [4.69, 9.17) is 15.2 Å². The van der Waals surface area contributed by atoms with E-state index in [1.54, 1.807) is 32.5 Å². The molecule has 88 valence electrons. The summed E-state index contributed by atoms with van der Waals surface area (Å²) in [5.41, 5.74) is 8.04. The summed E-state index contributed by atoms with van der Waals surface area (Å²) in [4.78, 5) is 4.28. The second kappa shape index (κ2) is 4.74. The highest BCUT2D eigenvalue weighted by Gasteiger charge is 2.08. The fraction of sp³-hybridized carbons (Fsp3) is 0.154. The lowest BCUT2D eigenvalue weighted by molar-refractivity contribution is 0.404. The maximum atomic E-state index is 5.75. The minimum atomic E-state index is 0.667. The number of pyridine rings is 1. The Bertz CT molecular complexity index is 527. The van der Waals surface area contributed by atoms with E-state index in [0.29, 0.717) is 5.69 Å². The van der Waals surface area contributed by atoms with E-state index >= 15 is 0 Å². The van der Waals surface area contributed by atoms with Crippen LogP contribution in [0.1, 0.15) is 0 Å². The third-order valence-corrected chi connectivity index (χ3v) is 2.47. The van der Waals surface area contributed by atoms with E-state index < -0.39 is 0 Å². The molecule has 0 aliphatic rings. The van der Waals surface area contributed by atoms with Gasteiger partial charge in [-0.15, -0.1) is 0 Å². The highest BCUT2D eigenvalue weighted by Crippen LogP contribution is 2.32. The smallest absolute Gasteiger partial charge is 0.128 e. The van der Waals surface area contributed by atoms with Gasteiger partial charge in [0, 0.05) is 17.4 Å². The third kappa shape index (κ3) is 2.30. The first-order valence-corrected chi connectivity index (χ1v) is 5.18. The van der Waals surface area contributed by atoms with Gasteiger partial charge in [-0.3, -0.25) is 4.98 Å². The van der Waals surface area contributed by atoms with Gasteiger partial charge in [-0.1, -0.05) is 0 Å². The molecule has 0 aliphatic carbocycles. The summed E-state index contributed by atoms with van der Waals surface area (Å²) >= 11 is 0. The zero-order chi connectivity index (χ0) is 12.3. The van der Waals surface area contributed by atoms with E-state index in [1.807, 2.05) is 18.2 Å². The number of methoxy groups -OCH3 is 2. The fourth-order valence-electron chi connectivity index (χ4n) is 1.61. The predicted octanol–water partition coefficient (Wildman–Crippen LogP) is 2.35. The summed E-state index contributed by atoms with van der Waals surface area (Å²) in [5.74, 6) is 1.49. The number of nitrogens with zero attached hydrogens (tertiary/aromatic N) is 1. The number of nitrogens with two attached hydrogens (primary N) is 1. The van der Waals surface area contributed by atoms with Crippen molar-refractivity contribution in [3.63, 3.8) is 0 Å². The second-order valence-electron chi connectivity index (χ2n) is 3.54. The number of benzene rings is 1. The van der Waals surface area contributed by atoms with Crippen molar-refractivity contribution in [1.82, 2.24) is 4.98 Å². The van der Waals surface area contributed by atoms with Crippen molar-refractivity contribution in [3.05, 3.63) is 36.5 Å². The van der Waals surface area contributed by atoms with Gasteiger partial charge >= 0.3 is 0 Å².